The van der Waals surface area contributed by atoms with Crippen LogP contribution in [-0.2, 0) is 14.3 Å². The summed E-state index contributed by atoms with van der Waals surface area (Å²) in [7, 11) is 0. The first-order chi connectivity index (χ1) is 25.0. The summed E-state index contributed by atoms with van der Waals surface area (Å²) in [5.74, 6) is -0.0887. The molecule has 1 amide bonds. The lowest BCUT2D eigenvalue weighted by molar-refractivity contribution is -0.143. The first-order valence-electron chi connectivity index (χ1n) is 22.4. The van der Waals surface area contributed by atoms with Gasteiger partial charge in [-0.25, -0.2) is 0 Å². The number of hydrogen-bond donors (Lipinski definition) is 3. The predicted octanol–water partition coefficient (Wildman–Crippen LogP) is 12.6. The van der Waals surface area contributed by atoms with Crippen LogP contribution in [0.3, 0.4) is 0 Å². The van der Waals surface area contributed by atoms with Crippen LogP contribution in [0.1, 0.15) is 239 Å². The Morgan fingerprint density at radius 3 is 1.39 bits per heavy atom. The fourth-order valence-corrected chi connectivity index (χ4v) is 6.81. The fourth-order valence-electron chi connectivity index (χ4n) is 6.81. The summed E-state index contributed by atoms with van der Waals surface area (Å²) in [6, 6.07) is -0.555. The lowest BCUT2D eigenvalue weighted by atomic mass is 10.0. The van der Waals surface area contributed by atoms with Crippen LogP contribution in [-0.4, -0.2) is 47.4 Å². The van der Waals surface area contributed by atoms with E-state index < -0.39 is 12.1 Å². The molecule has 0 spiro atoms. The summed E-state index contributed by atoms with van der Waals surface area (Å²) in [5, 5.41) is 23.0. The Morgan fingerprint density at radius 1 is 0.529 bits per heavy atom. The zero-order valence-corrected chi connectivity index (χ0v) is 34.1. The average Bonchev–Trinajstić information content (AvgIpc) is 3.13. The van der Waals surface area contributed by atoms with Gasteiger partial charge < -0.3 is 20.3 Å². The van der Waals surface area contributed by atoms with Gasteiger partial charge in [-0.3, -0.25) is 9.59 Å². The van der Waals surface area contributed by atoms with Gasteiger partial charge in [0.2, 0.25) is 5.91 Å². The largest absolute Gasteiger partial charge is 0.466 e. The van der Waals surface area contributed by atoms with Crippen molar-refractivity contribution in [1.82, 2.24) is 5.32 Å². The van der Waals surface area contributed by atoms with Crippen LogP contribution in [0.4, 0.5) is 0 Å². The van der Waals surface area contributed by atoms with Crippen molar-refractivity contribution in [2.45, 2.75) is 251 Å². The Balaban J connectivity index is 3.47. The molecule has 0 rings (SSSR count). The van der Waals surface area contributed by atoms with Gasteiger partial charge in [0.05, 0.1) is 25.4 Å². The molecule has 2 atom stereocenters. The molecule has 3 N–H and O–H groups in total. The normalized spacial score (nSPS) is 12.8. The average molecular weight is 722 g/mol. The minimum atomic E-state index is -0.675. The molecule has 0 aliphatic rings. The van der Waals surface area contributed by atoms with Gasteiger partial charge >= 0.3 is 5.97 Å². The van der Waals surface area contributed by atoms with E-state index in [9.17, 15) is 19.8 Å². The fraction of sp³-hybridized carbons (Fsp3) is 0.911. The molecule has 0 saturated heterocycles. The summed E-state index contributed by atoms with van der Waals surface area (Å²) in [4.78, 5) is 24.3. The van der Waals surface area contributed by atoms with E-state index in [4.69, 9.17) is 4.74 Å². The lowest BCUT2D eigenvalue weighted by Gasteiger charge is -2.22. The molecule has 0 bridgehead atoms. The predicted molar refractivity (Wildman–Crippen MR) is 218 cm³/mol. The second-order valence-corrected chi connectivity index (χ2v) is 15.4. The monoisotopic (exact) mass is 722 g/mol. The van der Waals surface area contributed by atoms with E-state index in [1.54, 1.807) is 0 Å². The number of allylic oxidation sites excluding steroid dienone is 2. The van der Waals surface area contributed by atoms with E-state index >= 15 is 0 Å². The molecule has 2 unspecified atom stereocenters. The second-order valence-electron chi connectivity index (χ2n) is 15.4. The third-order valence-corrected chi connectivity index (χ3v) is 10.3. The zero-order valence-electron chi connectivity index (χ0n) is 34.1. The first kappa shape index (κ1) is 49.6. The summed E-state index contributed by atoms with van der Waals surface area (Å²) in [6.45, 7) is 4.86. The smallest absolute Gasteiger partial charge is 0.305 e. The van der Waals surface area contributed by atoms with Crippen molar-refractivity contribution in [1.29, 1.82) is 0 Å². The summed E-state index contributed by atoms with van der Waals surface area (Å²) in [5.41, 5.74) is 0. The molecule has 0 saturated carbocycles. The molecule has 302 valence electrons. The number of carbonyl (C=O) groups excluding carboxylic acids is 2. The van der Waals surface area contributed by atoms with Crippen LogP contribution < -0.4 is 5.32 Å². The van der Waals surface area contributed by atoms with Crippen molar-refractivity contribution in [3.63, 3.8) is 0 Å². The van der Waals surface area contributed by atoms with Crippen LogP contribution in [0.15, 0.2) is 12.2 Å². The van der Waals surface area contributed by atoms with Gasteiger partial charge in [0.1, 0.15) is 0 Å². The van der Waals surface area contributed by atoms with Crippen molar-refractivity contribution >= 4 is 11.9 Å². The highest BCUT2D eigenvalue weighted by molar-refractivity contribution is 5.76. The Hall–Kier alpha value is -1.40. The molecule has 0 aromatic carbocycles. The molecule has 0 radical (unpaired) electrons. The number of aliphatic hydroxyl groups excluding tert-OH is 2. The molecular formula is C45H87NO5. The summed E-state index contributed by atoms with van der Waals surface area (Å²) < 4.78 is 5.44. The molecule has 6 nitrogen and oxygen atoms in total. The number of esters is 1. The number of unbranched alkanes of at least 4 members (excludes halogenated alkanes) is 28. The maximum atomic E-state index is 12.3. The highest BCUT2D eigenvalue weighted by atomic mass is 16.5. The standard InChI is InChI=1S/C45H87NO5/c1-3-5-7-9-11-13-14-15-16-17-18-23-27-31-35-39-45(50)51-40-36-32-28-24-20-19-22-26-30-34-38-44(49)46-42(41-47)43(48)37-33-29-25-21-12-10-8-6-4-2/h15-16,42-43,47-48H,3-14,17-41H2,1-2H3,(H,46,49)/b16-15-. The highest BCUT2D eigenvalue weighted by Gasteiger charge is 2.20. The number of nitrogens with one attached hydrogen (secondary N) is 1. The van der Waals surface area contributed by atoms with Crippen molar-refractivity contribution in [2.24, 2.45) is 0 Å². The molecular weight excluding hydrogens is 634 g/mol. The van der Waals surface area contributed by atoms with Crippen molar-refractivity contribution in [3.05, 3.63) is 12.2 Å². The van der Waals surface area contributed by atoms with Gasteiger partial charge in [0.15, 0.2) is 0 Å². The van der Waals surface area contributed by atoms with Crippen LogP contribution in [0, 0.1) is 0 Å². The van der Waals surface area contributed by atoms with Gasteiger partial charge in [-0.05, 0) is 51.4 Å². The maximum Gasteiger partial charge on any atom is 0.305 e. The van der Waals surface area contributed by atoms with Crippen LogP contribution in [0.25, 0.3) is 0 Å². The number of ether oxygens (including phenoxy) is 1. The van der Waals surface area contributed by atoms with E-state index in [1.807, 2.05) is 0 Å². The molecule has 6 heteroatoms. The van der Waals surface area contributed by atoms with Crippen molar-refractivity contribution < 1.29 is 24.5 Å². The Kier molecular flexibility index (Phi) is 40.2. The molecule has 0 aromatic heterocycles. The summed E-state index contributed by atoms with van der Waals surface area (Å²) in [6.07, 6.45) is 44.5. The topological polar surface area (TPSA) is 95.9 Å². The molecule has 0 aromatic rings. The van der Waals surface area contributed by atoms with Crippen molar-refractivity contribution in [3.8, 4) is 0 Å². The molecule has 0 aliphatic heterocycles. The van der Waals surface area contributed by atoms with E-state index in [1.165, 1.54) is 148 Å². The quantitative estimate of drug-likeness (QED) is 0.0332. The first-order valence-corrected chi connectivity index (χ1v) is 22.4. The van der Waals surface area contributed by atoms with E-state index in [0.717, 1.165) is 57.8 Å². The van der Waals surface area contributed by atoms with Gasteiger partial charge in [0, 0.05) is 12.8 Å². The number of rotatable bonds is 41. The number of hydrogen-bond acceptors (Lipinski definition) is 5. The van der Waals surface area contributed by atoms with Crippen LogP contribution in [0.2, 0.25) is 0 Å². The van der Waals surface area contributed by atoms with E-state index in [-0.39, 0.29) is 18.5 Å². The van der Waals surface area contributed by atoms with Gasteiger partial charge in [-0.15, -0.1) is 0 Å². The number of carbonyl (C=O) groups is 2. The molecule has 0 heterocycles. The minimum absolute atomic E-state index is 0.0275. The Bertz CT molecular complexity index is 757. The van der Waals surface area contributed by atoms with E-state index in [2.05, 4.69) is 31.3 Å². The van der Waals surface area contributed by atoms with Crippen molar-refractivity contribution in [2.75, 3.05) is 13.2 Å². The van der Waals surface area contributed by atoms with Crippen LogP contribution >= 0.6 is 0 Å². The number of aliphatic hydroxyl groups is 2. The van der Waals surface area contributed by atoms with Gasteiger partial charge in [0.25, 0.3) is 0 Å². The van der Waals surface area contributed by atoms with Gasteiger partial charge in [-0.2, -0.15) is 0 Å². The zero-order chi connectivity index (χ0) is 37.3. The minimum Gasteiger partial charge on any atom is -0.466 e. The second kappa shape index (κ2) is 41.4. The third kappa shape index (κ3) is 38.1. The SMILES string of the molecule is CCCCCCCC/C=C\CCCCCCCC(=O)OCCCCCCCCCCCCC(=O)NC(CO)C(O)CCCCCCCCCCC. The van der Waals surface area contributed by atoms with Gasteiger partial charge in [-0.1, -0.05) is 187 Å². The Labute approximate surface area is 317 Å². The van der Waals surface area contributed by atoms with E-state index in [0.29, 0.717) is 25.9 Å². The van der Waals surface area contributed by atoms with Crippen LogP contribution in [0.5, 0.6) is 0 Å². The molecule has 0 aliphatic carbocycles. The third-order valence-electron chi connectivity index (χ3n) is 10.3. The lowest BCUT2D eigenvalue weighted by Crippen LogP contribution is -2.45. The molecule has 51 heavy (non-hydrogen) atoms. The number of amides is 1. The molecule has 0 fully saturated rings. The highest BCUT2D eigenvalue weighted by Crippen LogP contribution is 2.15. The summed E-state index contributed by atoms with van der Waals surface area (Å²) >= 11 is 0. The Morgan fingerprint density at radius 2 is 0.922 bits per heavy atom. The maximum absolute atomic E-state index is 12.3.